The number of nitrogens with one attached hydrogen (secondary N) is 2. The van der Waals surface area contributed by atoms with E-state index >= 15 is 0 Å². The number of rotatable bonds is 7. The molecule has 0 radical (unpaired) electrons. The molecular weight excluding hydrogens is 346 g/mol. The Morgan fingerprint density at radius 1 is 1.33 bits per heavy atom. The largest absolute Gasteiger partial charge is 0.493 e. The first-order valence-corrected chi connectivity index (χ1v) is 9.34. The minimum Gasteiger partial charge on any atom is -0.493 e. The number of benzene rings is 1. The standard InChI is InChI=1S/C19H27N5O3/c1-4-27-16-6-5-14(11-17(16)26-3)12-21-19(25)18-13(2)24(23-22-18)15-7-9-20-10-8-15/h5-6,11,15,20H,4,7-10,12H2,1-3H3,(H,21,25). The highest BCUT2D eigenvalue weighted by Gasteiger charge is 2.22. The van der Waals surface area contributed by atoms with Crippen LogP contribution in [-0.4, -0.2) is 47.7 Å². The van der Waals surface area contributed by atoms with E-state index in [1.807, 2.05) is 36.7 Å². The van der Waals surface area contributed by atoms with Gasteiger partial charge < -0.3 is 20.1 Å². The molecule has 1 aliphatic heterocycles. The van der Waals surface area contributed by atoms with Gasteiger partial charge in [0.15, 0.2) is 17.2 Å². The maximum Gasteiger partial charge on any atom is 0.274 e. The van der Waals surface area contributed by atoms with Crippen molar-refractivity contribution >= 4 is 5.91 Å². The van der Waals surface area contributed by atoms with Crippen LogP contribution < -0.4 is 20.1 Å². The zero-order chi connectivity index (χ0) is 19.2. The van der Waals surface area contributed by atoms with Crippen molar-refractivity contribution < 1.29 is 14.3 Å². The fourth-order valence-corrected chi connectivity index (χ4v) is 3.31. The summed E-state index contributed by atoms with van der Waals surface area (Å²) in [6.07, 6.45) is 1.99. The summed E-state index contributed by atoms with van der Waals surface area (Å²) in [5.74, 6) is 1.12. The van der Waals surface area contributed by atoms with E-state index in [0.29, 0.717) is 36.4 Å². The molecule has 146 valence electrons. The fraction of sp³-hybridized carbons (Fsp3) is 0.526. The Balaban J connectivity index is 1.65. The van der Waals surface area contributed by atoms with E-state index in [2.05, 4.69) is 20.9 Å². The number of carbonyl (C=O) groups is 1. The molecule has 8 nitrogen and oxygen atoms in total. The zero-order valence-electron chi connectivity index (χ0n) is 16.1. The first kappa shape index (κ1) is 19.2. The van der Waals surface area contributed by atoms with Gasteiger partial charge in [0.1, 0.15) is 0 Å². The van der Waals surface area contributed by atoms with E-state index in [4.69, 9.17) is 9.47 Å². The van der Waals surface area contributed by atoms with Gasteiger partial charge in [0, 0.05) is 6.54 Å². The molecular formula is C19H27N5O3. The van der Waals surface area contributed by atoms with Gasteiger partial charge in [0.25, 0.3) is 5.91 Å². The third-order valence-electron chi connectivity index (χ3n) is 4.78. The molecule has 1 amide bonds. The summed E-state index contributed by atoms with van der Waals surface area (Å²) in [6.45, 7) is 6.69. The lowest BCUT2D eigenvalue weighted by atomic mass is 10.1. The zero-order valence-corrected chi connectivity index (χ0v) is 16.1. The quantitative estimate of drug-likeness (QED) is 0.770. The molecule has 2 aromatic rings. The molecule has 1 fully saturated rings. The highest BCUT2D eigenvalue weighted by Crippen LogP contribution is 2.28. The molecule has 1 aliphatic rings. The van der Waals surface area contributed by atoms with Crippen LogP contribution in [0.5, 0.6) is 11.5 Å². The van der Waals surface area contributed by atoms with Crippen LogP contribution in [0.25, 0.3) is 0 Å². The van der Waals surface area contributed by atoms with Crippen molar-refractivity contribution in [2.75, 3.05) is 26.8 Å². The van der Waals surface area contributed by atoms with Crippen LogP contribution in [0.15, 0.2) is 18.2 Å². The lowest BCUT2D eigenvalue weighted by Crippen LogP contribution is -2.30. The Hall–Kier alpha value is -2.61. The van der Waals surface area contributed by atoms with Gasteiger partial charge in [-0.25, -0.2) is 4.68 Å². The summed E-state index contributed by atoms with van der Waals surface area (Å²) in [4.78, 5) is 12.6. The predicted molar refractivity (Wildman–Crippen MR) is 101 cm³/mol. The van der Waals surface area contributed by atoms with Gasteiger partial charge in [-0.3, -0.25) is 4.79 Å². The van der Waals surface area contributed by atoms with Crippen molar-refractivity contribution in [3.05, 3.63) is 35.2 Å². The second-order valence-corrected chi connectivity index (χ2v) is 6.55. The lowest BCUT2D eigenvalue weighted by molar-refractivity contribution is 0.0945. The monoisotopic (exact) mass is 373 g/mol. The smallest absolute Gasteiger partial charge is 0.274 e. The molecule has 0 bridgehead atoms. The normalized spacial score (nSPS) is 14.8. The molecule has 3 rings (SSSR count). The average molecular weight is 373 g/mol. The summed E-state index contributed by atoms with van der Waals surface area (Å²) in [5.41, 5.74) is 2.11. The number of nitrogens with zero attached hydrogens (tertiary/aromatic N) is 3. The molecule has 1 aromatic carbocycles. The Bertz CT molecular complexity index is 784. The molecule has 0 saturated carbocycles. The molecule has 27 heavy (non-hydrogen) atoms. The minimum absolute atomic E-state index is 0.222. The van der Waals surface area contributed by atoms with Crippen molar-refractivity contribution in [3.8, 4) is 11.5 Å². The van der Waals surface area contributed by atoms with Gasteiger partial charge in [0.2, 0.25) is 0 Å². The van der Waals surface area contributed by atoms with E-state index in [9.17, 15) is 4.79 Å². The van der Waals surface area contributed by atoms with Crippen molar-refractivity contribution in [1.29, 1.82) is 0 Å². The molecule has 0 aliphatic carbocycles. The highest BCUT2D eigenvalue weighted by molar-refractivity contribution is 5.93. The van der Waals surface area contributed by atoms with Crippen LogP contribution in [-0.2, 0) is 6.54 Å². The second-order valence-electron chi connectivity index (χ2n) is 6.55. The first-order chi connectivity index (χ1) is 13.1. The first-order valence-electron chi connectivity index (χ1n) is 9.34. The molecule has 1 saturated heterocycles. The Kier molecular flexibility index (Phi) is 6.28. The van der Waals surface area contributed by atoms with Crippen LogP contribution in [0, 0.1) is 6.92 Å². The van der Waals surface area contributed by atoms with Crippen molar-refractivity contribution in [3.63, 3.8) is 0 Å². The van der Waals surface area contributed by atoms with Gasteiger partial charge in [-0.1, -0.05) is 11.3 Å². The SMILES string of the molecule is CCOc1ccc(CNC(=O)c2nnn(C3CCNCC3)c2C)cc1OC. The molecule has 8 heteroatoms. The van der Waals surface area contributed by atoms with E-state index in [-0.39, 0.29) is 5.91 Å². The maximum absolute atomic E-state index is 12.6. The van der Waals surface area contributed by atoms with Crippen molar-refractivity contribution in [1.82, 2.24) is 25.6 Å². The summed E-state index contributed by atoms with van der Waals surface area (Å²) in [5, 5.41) is 14.6. The van der Waals surface area contributed by atoms with Gasteiger partial charge in [-0.05, 0) is 57.5 Å². The summed E-state index contributed by atoms with van der Waals surface area (Å²) >= 11 is 0. The van der Waals surface area contributed by atoms with Crippen LogP contribution in [0.3, 0.4) is 0 Å². The van der Waals surface area contributed by atoms with Crippen LogP contribution in [0.4, 0.5) is 0 Å². The van der Waals surface area contributed by atoms with Crippen molar-refractivity contribution in [2.24, 2.45) is 0 Å². The van der Waals surface area contributed by atoms with E-state index in [0.717, 1.165) is 37.2 Å². The van der Waals surface area contributed by atoms with Crippen molar-refractivity contribution in [2.45, 2.75) is 39.3 Å². The highest BCUT2D eigenvalue weighted by atomic mass is 16.5. The van der Waals surface area contributed by atoms with Gasteiger partial charge in [-0.15, -0.1) is 5.10 Å². The minimum atomic E-state index is -0.222. The topological polar surface area (TPSA) is 90.3 Å². The molecule has 2 N–H and O–H groups in total. The second kappa shape index (κ2) is 8.85. The number of amides is 1. The lowest BCUT2D eigenvalue weighted by Gasteiger charge is -2.23. The Labute approximate surface area is 159 Å². The maximum atomic E-state index is 12.6. The number of methoxy groups -OCH3 is 1. The molecule has 0 atom stereocenters. The Morgan fingerprint density at radius 2 is 2.11 bits per heavy atom. The van der Waals surface area contributed by atoms with E-state index in [1.165, 1.54) is 0 Å². The number of hydrogen-bond donors (Lipinski definition) is 2. The van der Waals surface area contributed by atoms with Gasteiger partial charge in [-0.2, -0.15) is 0 Å². The third kappa shape index (κ3) is 4.39. The number of hydrogen-bond acceptors (Lipinski definition) is 6. The van der Waals surface area contributed by atoms with Gasteiger partial charge >= 0.3 is 0 Å². The molecule has 0 unspecified atom stereocenters. The van der Waals surface area contributed by atoms with Crippen LogP contribution >= 0.6 is 0 Å². The van der Waals surface area contributed by atoms with E-state index < -0.39 is 0 Å². The third-order valence-corrected chi connectivity index (χ3v) is 4.78. The van der Waals surface area contributed by atoms with Crippen LogP contribution in [0.1, 0.15) is 47.6 Å². The fourth-order valence-electron chi connectivity index (χ4n) is 3.31. The molecule has 1 aromatic heterocycles. The molecule has 0 spiro atoms. The van der Waals surface area contributed by atoms with Crippen LogP contribution in [0.2, 0.25) is 0 Å². The molecule has 2 heterocycles. The number of piperidine rings is 1. The number of aromatic nitrogens is 3. The number of carbonyl (C=O) groups excluding carboxylic acids is 1. The number of ether oxygens (including phenoxy) is 2. The summed E-state index contributed by atoms with van der Waals surface area (Å²) < 4.78 is 12.8. The van der Waals surface area contributed by atoms with Gasteiger partial charge in [0.05, 0.1) is 25.5 Å². The summed E-state index contributed by atoms with van der Waals surface area (Å²) in [7, 11) is 1.60. The Morgan fingerprint density at radius 3 is 2.81 bits per heavy atom. The average Bonchev–Trinajstić information content (AvgIpc) is 3.09. The van der Waals surface area contributed by atoms with E-state index in [1.54, 1.807) is 7.11 Å². The predicted octanol–water partition coefficient (Wildman–Crippen LogP) is 1.85. The summed E-state index contributed by atoms with van der Waals surface area (Å²) in [6, 6.07) is 5.93.